The number of nitrogen functional groups attached to an aromatic ring is 1. The molecule has 2 rings (SSSR count). The van der Waals surface area contributed by atoms with Gasteiger partial charge in [0.05, 0.1) is 6.04 Å². The van der Waals surface area contributed by atoms with Gasteiger partial charge >= 0.3 is 0 Å². The predicted molar refractivity (Wildman–Crippen MR) is 82.9 cm³/mol. The number of carbonyl (C=O) groups excluding carboxylic acids is 1. The molecule has 0 heterocycles. The molecule has 4 heteroatoms. The minimum absolute atomic E-state index is 0.0797. The number of nitrogens with two attached hydrogens (primary N) is 1. The molecule has 3 N–H and O–H groups in total. The van der Waals surface area contributed by atoms with Crippen molar-refractivity contribution < 1.29 is 4.79 Å². The van der Waals surface area contributed by atoms with Crippen LogP contribution in [0.15, 0.2) is 42.5 Å². The fourth-order valence-corrected chi connectivity index (χ4v) is 2.42. The third-order valence-electron chi connectivity index (χ3n) is 3.18. The van der Waals surface area contributed by atoms with E-state index in [-0.39, 0.29) is 11.9 Å². The molecule has 0 saturated carbocycles. The van der Waals surface area contributed by atoms with Crippen molar-refractivity contribution in [3.8, 4) is 0 Å². The molecule has 20 heavy (non-hydrogen) atoms. The molecule has 0 spiro atoms. The average molecular weight is 289 g/mol. The van der Waals surface area contributed by atoms with E-state index in [1.54, 1.807) is 18.2 Å². The highest BCUT2D eigenvalue weighted by molar-refractivity contribution is 6.31. The number of aryl methyl sites for hydroxylation is 1. The summed E-state index contributed by atoms with van der Waals surface area (Å²) in [4.78, 5) is 12.2. The van der Waals surface area contributed by atoms with Gasteiger partial charge in [-0.25, -0.2) is 0 Å². The first kappa shape index (κ1) is 14.4. The Morgan fingerprint density at radius 3 is 2.60 bits per heavy atom. The van der Waals surface area contributed by atoms with Crippen molar-refractivity contribution in [2.45, 2.75) is 19.9 Å². The highest BCUT2D eigenvalue weighted by atomic mass is 35.5. The molecule has 0 aromatic heterocycles. The monoisotopic (exact) mass is 288 g/mol. The van der Waals surface area contributed by atoms with Crippen LogP contribution in [0.25, 0.3) is 0 Å². The lowest BCUT2D eigenvalue weighted by Gasteiger charge is -2.16. The maximum absolute atomic E-state index is 12.2. The van der Waals surface area contributed by atoms with Crippen LogP contribution in [-0.2, 0) is 0 Å². The van der Waals surface area contributed by atoms with E-state index in [9.17, 15) is 4.79 Å². The Hall–Kier alpha value is -2.00. The summed E-state index contributed by atoms with van der Waals surface area (Å²) in [6.45, 7) is 3.98. The van der Waals surface area contributed by atoms with Crippen LogP contribution in [0.3, 0.4) is 0 Å². The summed E-state index contributed by atoms with van der Waals surface area (Å²) < 4.78 is 0. The van der Waals surface area contributed by atoms with E-state index in [0.29, 0.717) is 16.3 Å². The van der Waals surface area contributed by atoms with E-state index in [2.05, 4.69) is 5.32 Å². The molecule has 0 aliphatic carbocycles. The first-order chi connectivity index (χ1) is 9.47. The minimum Gasteiger partial charge on any atom is -0.399 e. The number of benzene rings is 2. The summed E-state index contributed by atoms with van der Waals surface area (Å²) in [6.07, 6.45) is 0. The molecule has 2 aromatic carbocycles. The molecule has 0 aliphatic rings. The van der Waals surface area contributed by atoms with Gasteiger partial charge in [0.15, 0.2) is 0 Å². The molecule has 104 valence electrons. The smallest absolute Gasteiger partial charge is 0.251 e. The third kappa shape index (κ3) is 3.31. The molecular formula is C16H17ClN2O. The molecule has 0 aliphatic heterocycles. The van der Waals surface area contributed by atoms with Gasteiger partial charge in [0.2, 0.25) is 0 Å². The Balaban J connectivity index is 2.17. The molecule has 0 unspecified atom stereocenters. The van der Waals surface area contributed by atoms with Crippen molar-refractivity contribution in [3.05, 3.63) is 64.2 Å². The molecular weight excluding hydrogens is 272 g/mol. The Morgan fingerprint density at radius 2 is 1.95 bits per heavy atom. The fourth-order valence-electron chi connectivity index (χ4n) is 2.17. The van der Waals surface area contributed by atoms with E-state index in [1.807, 2.05) is 38.1 Å². The van der Waals surface area contributed by atoms with Crippen LogP contribution in [0, 0.1) is 6.92 Å². The van der Waals surface area contributed by atoms with Gasteiger partial charge in [-0.1, -0.05) is 35.9 Å². The maximum Gasteiger partial charge on any atom is 0.251 e. The molecule has 2 aromatic rings. The molecule has 0 bridgehead atoms. The van der Waals surface area contributed by atoms with E-state index in [4.69, 9.17) is 17.3 Å². The lowest BCUT2D eigenvalue weighted by atomic mass is 10.0. The summed E-state index contributed by atoms with van der Waals surface area (Å²) in [5, 5.41) is 3.41. The molecule has 3 nitrogen and oxygen atoms in total. The summed E-state index contributed by atoms with van der Waals surface area (Å²) >= 11 is 5.91. The molecule has 0 saturated heterocycles. The van der Waals surface area contributed by atoms with Crippen molar-refractivity contribution in [2.75, 3.05) is 5.73 Å². The number of hydrogen-bond donors (Lipinski definition) is 2. The summed E-state index contributed by atoms with van der Waals surface area (Å²) in [7, 11) is 0. The number of anilines is 1. The standard InChI is InChI=1S/C16H17ClN2O/c1-10-5-3-4-6-15(10)11(2)19-16(20)12-7-13(17)9-14(18)8-12/h3-9,11H,18H2,1-2H3,(H,19,20)/t11-/m1/s1. The number of halogens is 1. The second-order valence-corrected chi connectivity index (χ2v) is 5.26. The molecule has 0 fully saturated rings. The van der Waals surface area contributed by atoms with Gasteiger partial charge in [-0.2, -0.15) is 0 Å². The Bertz CT molecular complexity index is 620. The van der Waals surface area contributed by atoms with Gasteiger partial charge in [0.1, 0.15) is 0 Å². The van der Waals surface area contributed by atoms with Crippen molar-refractivity contribution in [3.63, 3.8) is 0 Å². The van der Waals surface area contributed by atoms with Gasteiger partial charge in [-0.05, 0) is 43.2 Å². The zero-order chi connectivity index (χ0) is 14.7. The third-order valence-corrected chi connectivity index (χ3v) is 3.40. The van der Waals surface area contributed by atoms with E-state index < -0.39 is 0 Å². The maximum atomic E-state index is 12.2. The highest BCUT2D eigenvalue weighted by Gasteiger charge is 2.13. The first-order valence-corrected chi connectivity index (χ1v) is 6.77. The van der Waals surface area contributed by atoms with Crippen molar-refractivity contribution in [2.24, 2.45) is 0 Å². The zero-order valence-corrected chi connectivity index (χ0v) is 12.2. The first-order valence-electron chi connectivity index (χ1n) is 6.40. The summed E-state index contributed by atoms with van der Waals surface area (Å²) in [5.74, 6) is -0.185. The van der Waals surface area contributed by atoms with Crippen LogP contribution in [0.2, 0.25) is 5.02 Å². The van der Waals surface area contributed by atoms with Gasteiger partial charge < -0.3 is 11.1 Å². The number of nitrogens with one attached hydrogen (secondary N) is 1. The van der Waals surface area contributed by atoms with Crippen LogP contribution in [0.4, 0.5) is 5.69 Å². The molecule has 0 radical (unpaired) electrons. The zero-order valence-electron chi connectivity index (χ0n) is 11.5. The van der Waals surface area contributed by atoms with Gasteiger partial charge in [0, 0.05) is 16.3 Å². The highest BCUT2D eigenvalue weighted by Crippen LogP contribution is 2.20. The van der Waals surface area contributed by atoms with E-state index in [1.165, 1.54) is 0 Å². The van der Waals surface area contributed by atoms with E-state index in [0.717, 1.165) is 11.1 Å². The van der Waals surface area contributed by atoms with Gasteiger partial charge in [-0.3, -0.25) is 4.79 Å². The van der Waals surface area contributed by atoms with Crippen LogP contribution in [0.5, 0.6) is 0 Å². The van der Waals surface area contributed by atoms with Crippen LogP contribution in [-0.4, -0.2) is 5.91 Å². The quantitative estimate of drug-likeness (QED) is 0.846. The number of rotatable bonds is 3. The predicted octanol–water partition coefficient (Wildman–Crippen LogP) is 3.72. The average Bonchev–Trinajstić information content (AvgIpc) is 2.37. The Morgan fingerprint density at radius 1 is 1.25 bits per heavy atom. The van der Waals surface area contributed by atoms with Crippen molar-refractivity contribution in [1.82, 2.24) is 5.32 Å². The second kappa shape index (κ2) is 5.97. The fraction of sp³-hybridized carbons (Fsp3) is 0.188. The second-order valence-electron chi connectivity index (χ2n) is 4.82. The summed E-state index contributed by atoms with van der Waals surface area (Å²) in [5.41, 5.74) is 8.88. The number of carbonyl (C=O) groups is 1. The van der Waals surface area contributed by atoms with Crippen molar-refractivity contribution in [1.29, 1.82) is 0 Å². The number of hydrogen-bond acceptors (Lipinski definition) is 2. The number of amides is 1. The topological polar surface area (TPSA) is 55.1 Å². The molecule has 1 atom stereocenters. The largest absolute Gasteiger partial charge is 0.399 e. The van der Waals surface area contributed by atoms with Crippen molar-refractivity contribution >= 4 is 23.2 Å². The Labute approximate surface area is 123 Å². The lowest BCUT2D eigenvalue weighted by molar-refractivity contribution is 0.0940. The minimum atomic E-state index is -0.185. The van der Waals surface area contributed by atoms with Crippen LogP contribution >= 0.6 is 11.6 Å². The SMILES string of the molecule is Cc1ccccc1[C@@H](C)NC(=O)c1cc(N)cc(Cl)c1. The van der Waals surface area contributed by atoms with Crippen LogP contribution in [0.1, 0.15) is 34.5 Å². The van der Waals surface area contributed by atoms with E-state index >= 15 is 0 Å². The summed E-state index contributed by atoms with van der Waals surface area (Å²) in [6, 6.07) is 12.7. The Kier molecular flexibility index (Phi) is 4.30. The normalized spacial score (nSPS) is 11.9. The van der Waals surface area contributed by atoms with Gasteiger partial charge in [0.25, 0.3) is 5.91 Å². The van der Waals surface area contributed by atoms with Crippen LogP contribution < -0.4 is 11.1 Å². The van der Waals surface area contributed by atoms with Gasteiger partial charge in [-0.15, -0.1) is 0 Å². The molecule has 1 amide bonds. The lowest BCUT2D eigenvalue weighted by Crippen LogP contribution is -2.27.